The van der Waals surface area contributed by atoms with E-state index >= 15 is 0 Å². The van der Waals surface area contributed by atoms with Crippen molar-refractivity contribution in [1.29, 1.82) is 0 Å². The zero-order valence-corrected chi connectivity index (χ0v) is 13.9. The summed E-state index contributed by atoms with van der Waals surface area (Å²) in [6.45, 7) is 3.44. The van der Waals surface area contributed by atoms with Gasteiger partial charge in [-0.1, -0.05) is 0 Å². The van der Waals surface area contributed by atoms with Gasteiger partial charge in [-0.3, -0.25) is 14.4 Å². The Morgan fingerprint density at radius 2 is 1.61 bits per heavy atom. The van der Waals surface area contributed by atoms with E-state index in [1.54, 1.807) is 6.92 Å². The summed E-state index contributed by atoms with van der Waals surface area (Å²) in [4.78, 5) is 38.9. The summed E-state index contributed by atoms with van der Waals surface area (Å²) in [5, 5.41) is 0. The van der Waals surface area contributed by atoms with Crippen LogP contribution in [0.25, 0.3) is 0 Å². The minimum atomic E-state index is -0.375. The highest BCUT2D eigenvalue weighted by atomic mass is 16.2. The lowest BCUT2D eigenvalue weighted by Gasteiger charge is -2.34. The van der Waals surface area contributed by atoms with Crippen LogP contribution in [0.2, 0.25) is 0 Å². The lowest BCUT2D eigenvalue weighted by Crippen LogP contribution is -2.47. The number of carbonyl (C=O) groups is 3. The average molecular weight is 324 g/mol. The van der Waals surface area contributed by atoms with E-state index in [1.165, 1.54) is 0 Å². The summed E-state index contributed by atoms with van der Waals surface area (Å²) >= 11 is 0. The molecule has 3 amide bonds. The van der Waals surface area contributed by atoms with Crippen molar-refractivity contribution in [2.45, 2.75) is 57.5 Å². The van der Waals surface area contributed by atoms with Gasteiger partial charge in [0, 0.05) is 51.5 Å². The number of piperidine rings is 1. The Kier molecular flexibility index (Phi) is 5.98. The minimum absolute atomic E-state index is 0.0177. The maximum absolute atomic E-state index is 12.7. The van der Waals surface area contributed by atoms with Crippen LogP contribution in [0, 0.1) is 5.92 Å². The van der Waals surface area contributed by atoms with Crippen molar-refractivity contribution >= 4 is 17.7 Å². The molecule has 0 unspecified atom stereocenters. The number of nitrogens with two attached hydrogens (primary N) is 2. The quantitative estimate of drug-likeness (QED) is 0.731. The Morgan fingerprint density at radius 1 is 1.00 bits per heavy atom. The molecule has 7 heteroatoms. The van der Waals surface area contributed by atoms with Gasteiger partial charge in [0.2, 0.25) is 17.7 Å². The molecule has 2 saturated heterocycles. The van der Waals surface area contributed by atoms with E-state index in [2.05, 4.69) is 0 Å². The molecule has 0 aromatic heterocycles. The first-order valence-electron chi connectivity index (χ1n) is 8.47. The van der Waals surface area contributed by atoms with Crippen LogP contribution in [-0.4, -0.2) is 59.2 Å². The van der Waals surface area contributed by atoms with Crippen molar-refractivity contribution in [2.75, 3.05) is 19.6 Å². The molecule has 2 rings (SSSR count). The summed E-state index contributed by atoms with van der Waals surface area (Å²) < 4.78 is 0. The molecule has 0 bridgehead atoms. The number of primary amides is 1. The summed E-state index contributed by atoms with van der Waals surface area (Å²) in [6, 6.07) is -0.0879. The van der Waals surface area contributed by atoms with Crippen LogP contribution in [0.15, 0.2) is 0 Å². The van der Waals surface area contributed by atoms with Gasteiger partial charge >= 0.3 is 0 Å². The van der Waals surface area contributed by atoms with Crippen LogP contribution >= 0.6 is 0 Å². The first kappa shape index (κ1) is 17.7. The van der Waals surface area contributed by atoms with E-state index in [0.717, 1.165) is 38.8 Å². The van der Waals surface area contributed by atoms with Gasteiger partial charge in [0.15, 0.2) is 0 Å². The van der Waals surface area contributed by atoms with Gasteiger partial charge in [-0.25, -0.2) is 0 Å². The maximum atomic E-state index is 12.7. The molecule has 0 saturated carbocycles. The SMILES string of the molecule is CC(=O)N1CCC(CC(=O)N2[C@H](CN)CC[C@@H]2CC(N)=O)CC1. The van der Waals surface area contributed by atoms with Crippen LogP contribution < -0.4 is 11.5 Å². The molecule has 2 fully saturated rings. The summed E-state index contributed by atoms with van der Waals surface area (Å²) in [5.74, 6) is 0.0936. The van der Waals surface area contributed by atoms with Crippen LogP contribution in [0.1, 0.15) is 45.4 Å². The molecule has 2 heterocycles. The van der Waals surface area contributed by atoms with Gasteiger partial charge in [-0.15, -0.1) is 0 Å². The van der Waals surface area contributed by atoms with E-state index < -0.39 is 0 Å². The van der Waals surface area contributed by atoms with E-state index in [9.17, 15) is 14.4 Å². The highest BCUT2D eigenvalue weighted by Gasteiger charge is 2.37. The topological polar surface area (TPSA) is 110 Å². The van der Waals surface area contributed by atoms with Crippen molar-refractivity contribution in [1.82, 2.24) is 9.80 Å². The van der Waals surface area contributed by atoms with Crippen molar-refractivity contribution in [3.05, 3.63) is 0 Å². The molecule has 0 aromatic rings. The second-order valence-electron chi connectivity index (χ2n) is 6.75. The van der Waals surface area contributed by atoms with Gasteiger partial charge < -0.3 is 21.3 Å². The number of nitrogens with zero attached hydrogens (tertiary/aromatic N) is 2. The van der Waals surface area contributed by atoms with Crippen LogP contribution in [0.3, 0.4) is 0 Å². The normalized spacial score (nSPS) is 25.7. The fourth-order valence-corrected chi connectivity index (χ4v) is 3.84. The molecule has 130 valence electrons. The second kappa shape index (κ2) is 7.77. The van der Waals surface area contributed by atoms with Crippen molar-refractivity contribution < 1.29 is 14.4 Å². The van der Waals surface area contributed by atoms with Gasteiger partial charge in [0.05, 0.1) is 0 Å². The number of hydrogen-bond donors (Lipinski definition) is 2. The van der Waals surface area contributed by atoms with Crippen molar-refractivity contribution in [3.63, 3.8) is 0 Å². The Labute approximate surface area is 137 Å². The third-order valence-corrected chi connectivity index (χ3v) is 5.14. The molecule has 0 radical (unpaired) electrons. The summed E-state index contributed by atoms with van der Waals surface area (Å²) in [5.41, 5.74) is 11.1. The predicted molar refractivity (Wildman–Crippen MR) is 86.1 cm³/mol. The lowest BCUT2D eigenvalue weighted by atomic mass is 9.92. The van der Waals surface area contributed by atoms with Crippen LogP contribution in [0.5, 0.6) is 0 Å². The predicted octanol–water partition coefficient (Wildman–Crippen LogP) is -0.171. The Bertz CT molecular complexity index is 460. The lowest BCUT2D eigenvalue weighted by molar-refractivity contribution is -0.136. The smallest absolute Gasteiger partial charge is 0.223 e. The molecule has 2 atom stereocenters. The Balaban J connectivity index is 1.92. The molecule has 23 heavy (non-hydrogen) atoms. The molecule has 0 aliphatic carbocycles. The fourth-order valence-electron chi connectivity index (χ4n) is 3.84. The molecular formula is C16H28N4O3. The Hall–Kier alpha value is -1.63. The average Bonchev–Trinajstić information content (AvgIpc) is 2.89. The molecule has 0 spiro atoms. The van der Waals surface area contributed by atoms with Gasteiger partial charge in [-0.2, -0.15) is 0 Å². The second-order valence-corrected chi connectivity index (χ2v) is 6.75. The monoisotopic (exact) mass is 324 g/mol. The van der Waals surface area contributed by atoms with Gasteiger partial charge in [0.25, 0.3) is 0 Å². The zero-order valence-electron chi connectivity index (χ0n) is 13.9. The van der Waals surface area contributed by atoms with Crippen molar-refractivity contribution in [3.8, 4) is 0 Å². The first-order valence-corrected chi connectivity index (χ1v) is 8.47. The van der Waals surface area contributed by atoms with E-state index in [0.29, 0.717) is 18.9 Å². The number of rotatable bonds is 5. The molecule has 2 aliphatic rings. The standard InChI is InChI=1S/C16H28N4O3/c1-11(21)19-6-4-12(5-7-19)8-16(23)20-13(9-15(18)22)2-3-14(20)10-17/h12-14H,2-10,17H2,1H3,(H2,18,22)/t13-,14+/m1/s1. The highest BCUT2D eigenvalue weighted by Crippen LogP contribution is 2.29. The third kappa shape index (κ3) is 4.43. The molecule has 7 nitrogen and oxygen atoms in total. The van der Waals surface area contributed by atoms with Crippen molar-refractivity contribution in [2.24, 2.45) is 17.4 Å². The molecule has 4 N–H and O–H groups in total. The summed E-state index contributed by atoms with van der Waals surface area (Å²) in [7, 11) is 0. The van der Waals surface area contributed by atoms with Gasteiger partial charge in [0.1, 0.15) is 0 Å². The first-order chi connectivity index (χ1) is 10.9. The highest BCUT2D eigenvalue weighted by molar-refractivity contribution is 5.80. The fraction of sp³-hybridized carbons (Fsp3) is 0.812. The largest absolute Gasteiger partial charge is 0.370 e. The number of hydrogen-bond acceptors (Lipinski definition) is 4. The molecular weight excluding hydrogens is 296 g/mol. The zero-order chi connectivity index (χ0) is 17.0. The maximum Gasteiger partial charge on any atom is 0.223 e. The number of likely N-dealkylation sites (tertiary alicyclic amines) is 2. The molecule has 0 aromatic carbocycles. The van der Waals surface area contributed by atoms with E-state index in [4.69, 9.17) is 11.5 Å². The van der Waals surface area contributed by atoms with E-state index in [-0.39, 0.29) is 36.2 Å². The minimum Gasteiger partial charge on any atom is -0.370 e. The number of carbonyl (C=O) groups excluding carboxylic acids is 3. The van der Waals surface area contributed by atoms with Gasteiger partial charge in [-0.05, 0) is 31.6 Å². The number of amides is 3. The Morgan fingerprint density at radius 3 is 2.13 bits per heavy atom. The third-order valence-electron chi connectivity index (χ3n) is 5.14. The summed E-state index contributed by atoms with van der Waals surface area (Å²) in [6.07, 6.45) is 4.02. The van der Waals surface area contributed by atoms with Crippen LogP contribution in [-0.2, 0) is 14.4 Å². The van der Waals surface area contributed by atoms with E-state index in [1.807, 2.05) is 9.80 Å². The molecule has 2 aliphatic heterocycles. The van der Waals surface area contributed by atoms with Crippen LogP contribution in [0.4, 0.5) is 0 Å².